The monoisotopic (exact) mass is 407 g/mol. The largest absolute Gasteiger partial charge is 0.467 e. The number of nitrogens with zero attached hydrogens (tertiary/aromatic N) is 4. The lowest BCUT2D eigenvalue weighted by atomic mass is 10.1. The summed E-state index contributed by atoms with van der Waals surface area (Å²) < 4.78 is 24.3. The Balaban J connectivity index is 1.56. The maximum absolute atomic E-state index is 13.3. The fraction of sp³-hybridized carbons (Fsp3) is 0.190. The van der Waals surface area contributed by atoms with Crippen molar-refractivity contribution >= 4 is 17.0 Å². The molecule has 152 valence electrons. The van der Waals surface area contributed by atoms with Gasteiger partial charge in [-0.2, -0.15) is 9.97 Å². The Bertz CT molecular complexity index is 1160. The Morgan fingerprint density at radius 1 is 1.17 bits per heavy atom. The predicted octanol–water partition coefficient (Wildman–Crippen LogP) is 3.08. The Kier molecular flexibility index (Phi) is 5.60. The second-order valence-electron chi connectivity index (χ2n) is 6.40. The zero-order chi connectivity index (χ0) is 20.9. The van der Waals surface area contributed by atoms with Gasteiger partial charge < -0.3 is 14.6 Å². The fourth-order valence-corrected chi connectivity index (χ4v) is 2.81. The van der Waals surface area contributed by atoms with Gasteiger partial charge in [0.25, 0.3) is 11.6 Å². The Labute approximate surface area is 171 Å². The summed E-state index contributed by atoms with van der Waals surface area (Å²) in [5, 5.41) is 7.21. The number of rotatable bonds is 7. The molecule has 0 fully saturated rings. The first-order chi connectivity index (χ1) is 14.6. The highest BCUT2D eigenvalue weighted by Gasteiger charge is 2.20. The minimum absolute atomic E-state index is 0.186. The molecule has 1 aromatic carbocycles. The van der Waals surface area contributed by atoms with E-state index >= 15 is 0 Å². The van der Waals surface area contributed by atoms with Crippen LogP contribution in [0.4, 0.5) is 4.39 Å². The first-order valence-corrected chi connectivity index (χ1v) is 9.35. The van der Waals surface area contributed by atoms with Crippen LogP contribution in [0.15, 0.2) is 53.2 Å². The number of aryl methyl sites for hydroxylation is 1. The SMILES string of the molecule is CCc1nc(OCC(=O)NCc2ccccn2)c2c(-c3ccc(F)cc3)noc2n1. The maximum atomic E-state index is 13.3. The number of benzene rings is 1. The van der Waals surface area contributed by atoms with Gasteiger partial charge in [0.1, 0.15) is 22.7 Å². The lowest BCUT2D eigenvalue weighted by molar-refractivity contribution is -0.123. The number of hydrogen-bond acceptors (Lipinski definition) is 7. The first-order valence-electron chi connectivity index (χ1n) is 9.35. The van der Waals surface area contributed by atoms with Crippen LogP contribution in [0.5, 0.6) is 5.88 Å². The van der Waals surface area contributed by atoms with Crippen LogP contribution in [-0.2, 0) is 17.8 Å². The van der Waals surface area contributed by atoms with Crippen LogP contribution in [0, 0.1) is 5.82 Å². The topological polar surface area (TPSA) is 103 Å². The highest BCUT2D eigenvalue weighted by atomic mass is 19.1. The van der Waals surface area contributed by atoms with Crippen molar-refractivity contribution in [1.82, 2.24) is 25.4 Å². The molecule has 0 aliphatic carbocycles. The lowest BCUT2D eigenvalue weighted by Gasteiger charge is -2.09. The third kappa shape index (κ3) is 4.24. The van der Waals surface area contributed by atoms with Crippen molar-refractivity contribution in [3.8, 4) is 17.1 Å². The van der Waals surface area contributed by atoms with E-state index in [0.29, 0.717) is 28.9 Å². The molecule has 0 saturated carbocycles. The van der Waals surface area contributed by atoms with Crippen molar-refractivity contribution in [2.45, 2.75) is 19.9 Å². The van der Waals surface area contributed by atoms with Gasteiger partial charge in [0.2, 0.25) is 5.88 Å². The Hall–Kier alpha value is -3.88. The van der Waals surface area contributed by atoms with Crippen LogP contribution in [0.1, 0.15) is 18.4 Å². The number of halogens is 1. The molecule has 3 aromatic heterocycles. The van der Waals surface area contributed by atoms with Crippen molar-refractivity contribution in [2.24, 2.45) is 0 Å². The fourth-order valence-electron chi connectivity index (χ4n) is 2.81. The number of aromatic nitrogens is 4. The van der Waals surface area contributed by atoms with Crippen LogP contribution in [0.25, 0.3) is 22.4 Å². The van der Waals surface area contributed by atoms with Gasteiger partial charge in [-0.25, -0.2) is 4.39 Å². The number of carbonyl (C=O) groups excluding carboxylic acids is 1. The van der Waals surface area contributed by atoms with Gasteiger partial charge in [0.05, 0.1) is 12.2 Å². The normalized spacial score (nSPS) is 10.9. The van der Waals surface area contributed by atoms with Gasteiger partial charge in [-0.15, -0.1) is 0 Å². The summed E-state index contributed by atoms with van der Waals surface area (Å²) in [6.07, 6.45) is 2.20. The van der Waals surface area contributed by atoms with E-state index in [-0.39, 0.29) is 36.5 Å². The minimum atomic E-state index is -0.364. The van der Waals surface area contributed by atoms with E-state index in [1.807, 2.05) is 19.1 Å². The molecule has 8 nitrogen and oxygen atoms in total. The molecule has 0 atom stereocenters. The number of nitrogens with one attached hydrogen (secondary N) is 1. The predicted molar refractivity (Wildman–Crippen MR) is 106 cm³/mol. The number of pyridine rings is 1. The summed E-state index contributed by atoms with van der Waals surface area (Å²) in [7, 11) is 0. The second kappa shape index (κ2) is 8.64. The number of fused-ring (bicyclic) bond motifs is 1. The molecule has 4 aromatic rings. The Morgan fingerprint density at radius 3 is 2.73 bits per heavy atom. The summed E-state index contributed by atoms with van der Waals surface area (Å²) in [6, 6.07) is 11.3. The first kappa shape index (κ1) is 19.4. The Morgan fingerprint density at radius 2 is 2.00 bits per heavy atom. The molecular formula is C21H18FN5O3. The summed E-state index contributed by atoms with van der Waals surface area (Å²) in [6.45, 7) is 1.93. The number of hydrogen-bond donors (Lipinski definition) is 1. The van der Waals surface area contributed by atoms with E-state index in [4.69, 9.17) is 9.26 Å². The average molecular weight is 407 g/mol. The summed E-state index contributed by atoms with van der Waals surface area (Å²) in [5.41, 5.74) is 2.01. The van der Waals surface area contributed by atoms with E-state index in [0.717, 1.165) is 5.69 Å². The smallest absolute Gasteiger partial charge is 0.265 e. The van der Waals surface area contributed by atoms with Crippen molar-refractivity contribution in [3.63, 3.8) is 0 Å². The van der Waals surface area contributed by atoms with E-state index < -0.39 is 0 Å². The molecule has 0 aliphatic heterocycles. The third-order valence-electron chi connectivity index (χ3n) is 4.32. The second-order valence-corrected chi connectivity index (χ2v) is 6.40. The lowest BCUT2D eigenvalue weighted by Crippen LogP contribution is -2.29. The van der Waals surface area contributed by atoms with E-state index in [1.165, 1.54) is 12.1 Å². The third-order valence-corrected chi connectivity index (χ3v) is 4.32. The molecule has 3 heterocycles. The molecule has 1 N–H and O–H groups in total. The maximum Gasteiger partial charge on any atom is 0.265 e. The molecule has 0 unspecified atom stereocenters. The van der Waals surface area contributed by atoms with Crippen LogP contribution < -0.4 is 10.1 Å². The van der Waals surface area contributed by atoms with Gasteiger partial charge in [-0.05, 0) is 36.4 Å². The van der Waals surface area contributed by atoms with Crippen molar-refractivity contribution in [3.05, 3.63) is 66.0 Å². The number of carbonyl (C=O) groups is 1. The molecule has 0 aliphatic rings. The molecule has 0 spiro atoms. The van der Waals surface area contributed by atoms with Gasteiger partial charge in [-0.3, -0.25) is 9.78 Å². The highest BCUT2D eigenvalue weighted by Crippen LogP contribution is 2.33. The van der Waals surface area contributed by atoms with E-state index in [1.54, 1.807) is 24.4 Å². The zero-order valence-electron chi connectivity index (χ0n) is 16.1. The number of ether oxygens (including phenoxy) is 1. The average Bonchev–Trinajstić information content (AvgIpc) is 3.21. The van der Waals surface area contributed by atoms with Crippen molar-refractivity contribution in [1.29, 1.82) is 0 Å². The molecule has 1 amide bonds. The quantitative estimate of drug-likeness (QED) is 0.502. The number of amides is 1. The van der Waals surface area contributed by atoms with Crippen LogP contribution in [-0.4, -0.2) is 32.6 Å². The van der Waals surface area contributed by atoms with Crippen molar-refractivity contribution < 1.29 is 18.4 Å². The standard InChI is InChI=1S/C21H18FN5O3/c1-2-16-25-20(29-12-17(28)24-11-15-5-3-4-10-23-15)18-19(27-30-21(18)26-16)13-6-8-14(22)9-7-13/h3-10H,2,11-12H2,1H3,(H,24,28). The molecule has 0 saturated heterocycles. The molecule has 0 radical (unpaired) electrons. The van der Waals surface area contributed by atoms with Crippen LogP contribution >= 0.6 is 0 Å². The molecule has 30 heavy (non-hydrogen) atoms. The van der Waals surface area contributed by atoms with Crippen LogP contribution in [0.3, 0.4) is 0 Å². The van der Waals surface area contributed by atoms with Gasteiger partial charge in [-0.1, -0.05) is 18.1 Å². The van der Waals surface area contributed by atoms with E-state index in [2.05, 4.69) is 25.4 Å². The summed E-state index contributed by atoms with van der Waals surface area (Å²) >= 11 is 0. The molecular weight excluding hydrogens is 389 g/mol. The summed E-state index contributed by atoms with van der Waals surface area (Å²) in [4.78, 5) is 25.1. The molecule has 4 rings (SSSR count). The zero-order valence-corrected chi connectivity index (χ0v) is 16.1. The summed E-state index contributed by atoms with van der Waals surface area (Å²) in [5.74, 6) is -0.0130. The van der Waals surface area contributed by atoms with Crippen molar-refractivity contribution in [2.75, 3.05) is 6.61 Å². The highest BCUT2D eigenvalue weighted by molar-refractivity contribution is 5.93. The van der Waals surface area contributed by atoms with Gasteiger partial charge in [0, 0.05) is 18.2 Å². The van der Waals surface area contributed by atoms with E-state index in [9.17, 15) is 9.18 Å². The van der Waals surface area contributed by atoms with Crippen LogP contribution in [0.2, 0.25) is 0 Å². The van der Waals surface area contributed by atoms with Gasteiger partial charge >= 0.3 is 0 Å². The molecule has 9 heteroatoms. The van der Waals surface area contributed by atoms with Gasteiger partial charge in [0.15, 0.2) is 6.61 Å². The molecule has 0 bridgehead atoms. The minimum Gasteiger partial charge on any atom is -0.467 e.